The van der Waals surface area contributed by atoms with E-state index in [-0.39, 0.29) is 11.2 Å². The molecule has 3 aromatic rings. The summed E-state index contributed by atoms with van der Waals surface area (Å²) < 4.78 is 4.40. The fourth-order valence-electron chi connectivity index (χ4n) is 2.95. The van der Waals surface area contributed by atoms with E-state index < -0.39 is 0 Å². The number of hydrogen-bond acceptors (Lipinski definition) is 4. The molecule has 0 N–H and O–H groups in total. The number of aryl methyl sites for hydroxylation is 2. The van der Waals surface area contributed by atoms with Crippen LogP contribution in [0, 0.1) is 0 Å². The number of imidazole rings is 1. The molecule has 24 heavy (non-hydrogen) atoms. The lowest BCUT2D eigenvalue weighted by molar-refractivity contribution is 0.697. The summed E-state index contributed by atoms with van der Waals surface area (Å²) in [7, 11) is 5.06. The van der Waals surface area contributed by atoms with Crippen molar-refractivity contribution in [2.45, 2.75) is 20.0 Å². The predicted octanol–water partition coefficient (Wildman–Crippen LogP) is 1.09. The third-order valence-electron chi connectivity index (χ3n) is 4.25. The molecule has 3 rings (SSSR count). The normalized spacial score (nSPS) is 11.2. The number of fused-ring (bicyclic) bond motifs is 1. The highest BCUT2D eigenvalue weighted by atomic mass is 16.2. The summed E-state index contributed by atoms with van der Waals surface area (Å²) in [5, 5.41) is 0. The first-order chi connectivity index (χ1) is 11.5. The van der Waals surface area contributed by atoms with Gasteiger partial charge in [-0.3, -0.25) is 13.9 Å². The first-order valence-corrected chi connectivity index (χ1v) is 7.87. The number of nitrogens with zero attached hydrogens (tertiary/aromatic N) is 5. The zero-order chi connectivity index (χ0) is 17.4. The number of hydrogen-bond donors (Lipinski definition) is 0. The van der Waals surface area contributed by atoms with Crippen LogP contribution in [-0.4, -0.2) is 25.7 Å². The Morgan fingerprint density at radius 3 is 2.38 bits per heavy atom. The maximum absolute atomic E-state index is 12.5. The SMILES string of the molecule is CCn1c(N(C)Cc2ccccc2)nc2c1c(=O)n(C)c(=O)n2C. The monoisotopic (exact) mass is 327 g/mol. The molecule has 0 amide bonds. The second kappa shape index (κ2) is 5.99. The molecule has 7 heteroatoms. The fourth-order valence-corrected chi connectivity index (χ4v) is 2.95. The molecule has 0 bridgehead atoms. The highest BCUT2D eigenvalue weighted by molar-refractivity contribution is 5.74. The minimum absolute atomic E-state index is 0.318. The van der Waals surface area contributed by atoms with Crippen LogP contribution >= 0.6 is 0 Å². The standard InChI is InChI=1S/C17H21N5O2/c1-5-22-13-14(20(3)17(24)21(4)15(13)23)18-16(22)19(2)11-12-9-7-6-8-10-12/h6-10H,5,11H2,1-4H3. The van der Waals surface area contributed by atoms with Crippen LogP contribution in [0.4, 0.5) is 5.95 Å². The summed E-state index contributed by atoms with van der Waals surface area (Å²) in [5.74, 6) is 0.676. The molecule has 0 saturated carbocycles. The van der Waals surface area contributed by atoms with Crippen LogP contribution in [0.1, 0.15) is 12.5 Å². The molecule has 2 heterocycles. The molecule has 0 aliphatic carbocycles. The lowest BCUT2D eigenvalue weighted by Gasteiger charge is -2.19. The fraction of sp³-hybridized carbons (Fsp3) is 0.353. The van der Waals surface area contributed by atoms with Gasteiger partial charge in [0.25, 0.3) is 5.56 Å². The van der Waals surface area contributed by atoms with Crippen LogP contribution in [0.3, 0.4) is 0 Å². The number of rotatable bonds is 4. The summed E-state index contributed by atoms with van der Waals surface area (Å²) in [6.07, 6.45) is 0. The Balaban J connectivity index is 2.19. The number of benzene rings is 1. The van der Waals surface area contributed by atoms with E-state index in [1.807, 2.05) is 53.8 Å². The van der Waals surface area contributed by atoms with Gasteiger partial charge in [-0.05, 0) is 12.5 Å². The van der Waals surface area contributed by atoms with Crippen molar-refractivity contribution in [3.05, 3.63) is 56.7 Å². The van der Waals surface area contributed by atoms with Crippen LogP contribution in [0.25, 0.3) is 11.2 Å². The minimum Gasteiger partial charge on any atom is -0.341 e. The molecule has 2 aromatic heterocycles. The van der Waals surface area contributed by atoms with E-state index in [2.05, 4.69) is 4.98 Å². The Labute approximate surface area is 139 Å². The van der Waals surface area contributed by atoms with Gasteiger partial charge in [-0.15, -0.1) is 0 Å². The molecule has 0 aliphatic heterocycles. The molecule has 0 atom stereocenters. The van der Waals surface area contributed by atoms with Gasteiger partial charge in [-0.25, -0.2) is 4.79 Å². The average Bonchev–Trinajstić information content (AvgIpc) is 2.98. The molecular formula is C17H21N5O2. The molecule has 0 radical (unpaired) electrons. The van der Waals surface area contributed by atoms with Crippen LogP contribution in [-0.2, 0) is 27.2 Å². The van der Waals surface area contributed by atoms with Crippen molar-refractivity contribution in [2.75, 3.05) is 11.9 Å². The maximum Gasteiger partial charge on any atom is 0.332 e. The second-order valence-corrected chi connectivity index (χ2v) is 5.88. The Morgan fingerprint density at radius 1 is 1.08 bits per heavy atom. The summed E-state index contributed by atoms with van der Waals surface area (Å²) in [6.45, 7) is 3.22. The second-order valence-electron chi connectivity index (χ2n) is 5.88. The van der Waals surface area contributed by atoms with Gasteiger partial charge in [0.2, 0.25) is 5.95 Å². The maximum atomic E-state index is 12.5. The van der Waals surface area contributed by atoms with Crippen LogP contribution in [0.2, 0.25) is 0 Å². The van der Waals surface area contributed by atoms with Crippen molar-refractivity contribution in [3.8, 4) is 0 Å². The Kier molecular flexibility index (Phi) is 4.01. The van der Waals surface area contributed by atoms with Crippen molar-refractivity contribution in [1.29, 1.82) is 0 Å². The highest BCUT2D eigenvalue weighted by Crippen LogP contribution is 2.20. The summed E-state index contributed by atoms with van der Waals surface area (Å²) in [4.78, 5) is 31.3. The topological polar surface area (TPSA) is 65.1 Å². The van der Waals surface area contributed by atoms with E-state index in [9.17, 15) is 9.59 Å². The van der Waals surface area contributed by atoms with E-state index in [0.717, 1.165) is 10.1 Å². The molecule has 126 valence electrons. The molecule has 0 spiro atoms. The largest absolute Gasteiger partial charge is 0.341 e. The predicted molar refractivity (Wildman–Crippen MR) is 94.4 cm³/mol. The first kappa shape index (κ1) is 16.0. The molecule has 0 aliphatic rings. The molecule has 0 fully saturated rings. The zero-order valence-electron chi connectivity index (χ0n) is 14.4. The van der Waals surface area contributed by atoms with Gasteiger partial charge in [0.05, 0.1) is 0 Å². The van der Waals surface area contributed by atoms with E-state index >= 15 is 0 Å². The van der Waals surface area contributed by atoms with E-state index in [1.165, 1.54) is 11.6 Å². The van der Waals surface area contributed by atoms with Gasteiger partial charge in [-0.1, -0.05) is 30.3 Å². The molecule has 1 aromatic carbocycles. The molecular weight excluding hydrogens is 306 g/mol. The van der Waals surface area contributed by atoms with Gasteiger partial charge in [0.15, 0.2) is 11.2 Å². The van der Waals surface area contributed by atoms with Gasteiger partial charge >= 0.3 is 5.69 Å². The average molecular weight is 327 g/mol. The zero-order valence-corrected chi connectivity index (χ0v) is 14.4. The summed E-state index contributed by atoms with van der Waals surface area (Å²) >= 11 is 0. The van der Waals surface area contributed by atoms with E-state index in [0.29, 0.717) is 30.2 Å². The quantitative estimate of drug-likeness (QED) is 0.719. The van der Waals surface area contributed by atoms with Crippen molar-refractivity contribution >= 4 is 17.1 Å². The van der Waals surface area contributed by atoms with Crippen molar-refractivity contribution in [1.82, 2.24) is 18.7 Å². The highest BCUT2D eigenvalue weighted by Gasteiger charge is 2.20. The van der Waals surface area contributed by atoms with Crippen LogP contribution in [0.15, 0.2) is 39.9 Å². The molecule has 0 unspecified atom stereocenters. The van der Waals surface area contributed by atoms with E-state index in [4.69, 9.17) is 0 Å². The lowest BCUT2D eigenvalue weighted by Crippen LogP contribution is -2.37. The number of anilines is 1. The third-order valence-corrected chi connectivity index (χ3v) is 4.25. The Morgan fingerprint density at radius 2 is 1.75 bits per heavy atom. The molecule has 0 saturated heterocycles. The molecule has 7 nitrogen and oxygen atoms in total. The van der Waals surface area contributed by atoms with E-state index in [1.54, 1.807) is 7.05 Å². The Bertz CT molecular complexity index is 998. The van der Waals surface area contributed by atoms with Crippen molar-refractivity contribution in [3.63, 3.8) is 0 Å². The minimum atomic E-state index is -0.370. The number of aromatic nitrogens is 4. The van der Waals surface area contributed by atoms with Gasteiger partial charge < -0.3 is 9.47 Å². The lowest BCUT2D eigenvalue weighted by atomic mass is 10.2. The van der Waals surface area contributed by atoms with Crippen LogP contribution in [0.5, 0.6) is 0 Å². The van der Waals surface area contributed by atoms with Crippen molar-refractivity contribution in [2.24, 2.45) is 14.1 Å². The van der Waals surface area contributed by atoms with Crippen LogP contribution < -0.4 is 16.1 Å². The first-order valence-electron chi connectivity index (χ1n) is 7.87. The van der Waals surface area contributed by atoms with Gasteiger partial charge in [0, 0.05) is 34.2 Å². The Hall–Kier alpha value is -2.83. The smallest absolute Gasteiger partial charge is 0.332 e. The summed E-state index contributed by atoms with van der Waals surface area (Å²) in [6, 6.07) is 10.1. The van der Waals surface area contributed by atoms with Gasteiger partial charge in [0.1, 0.15) is 0 Å². The summed E-state index contributed by atoms with van der Waals surface area (Å²) in [5.41, 5.74) is 1.33. The van der Waals surface area contributed by atoms with Crippen molar-refractivity contribution < 1.29 is 0 Å². The third kappa shape index (κ3) is 2.42. The van der Waals surface area contributed by atoms with Gasteiger partial charge in [-0.2, -0.15) is 4.98 Å².